The summed E-state index contributed by atoms with van der Waals surface area (Å²) in [7, 11) is 1.95. The van der Waals surface area contributed by atoms with Gasteiger partial charge in [-0.3, -0.25) is 4.68 Å². The second-order valence-corrected chi connectivity index (χ2v) is 4.86. The fourth-order valence-electron chi connectivity index (χ4n) is 2.01. The van der Waals surface area contributed by atoms with Gasteiger partial charge >= 0.3 is 0 Å². The Balaban J connectivity index is 1.81. The van der Waals surface area contributed by atoms with Gasteiger partial charge in [-0.1, -0.05) is 29.8 Å². The zero-order valence-electron chi connectivity index (χ0n) is 11.4. The number of hydrogen-bond donors (Lipinski definition) is 1. The molecular formula is C15H21N3. The number of nitrogens with one attached hydrogen (secondary N) is 1. The highest BCUT2D eigenvalue weighted by molar-refractivity contribution is 5.23. The summed E-state index contributed by atoms with van der Waals surface area (Å²) in [5.41, 5.74) is 3.93. The molecule has 0 saturated carbocycles. The molecule has 3 nitrogen and oxygen atoms in total. The average molecular weight is 243 g/mol. The first-order valence-corrected chi connectivity index (χ1v) is 6.42. The summed E-state index contributed by atoms with van der Waals surface area (Å²) in [5.74, 6) is 0. The topological polar surface area (TPSA) is 29.9 Å². The quantitative estimate of drug-likeness (QED) is 0.875. The van der Waals surface area contributed by atoms with Crippen molar-refractivity contribution in [2.75, 3.05) is 6.54 Å². The average Bonchev–Trinajstić information content (AvgIpc) is 2.76. The number of aryl methyl sites for hydroxylation is 2. The van der Waals surface area contributed by atoms with Crippen molar-refractivity contribution in [2.24, 2.45) is 7.05 Å². The first kappa shape index (κ1) is 12.8. The lowest BCUT2D eigenvalue weighted by Crippen LogP contribution is -2.21. The van der Waals surface area contributed by atoms with Crippen LogP contribution in [0.1, 0.15) is 29.7 Å². The number of rotatable bonds is 5. The van der Waals surface area contributed by atoms with Crippen molar-refractivity contribution in [1.82, 2.24) is 15.1 Å². The third-order valence-electron chi connectivity index (χ3n) is 3.20. The molecule has 1 aromatic heterocycles. The summed E-state index contributed by atoms with van der Waals surface area (Å²) >= 11 is 0. The van der Waals surface area contributed by atoms with Gasteiger partial charge in [-0.15, -0.1) is 0 Å². The highest BCUT2D eigenvalue weighted by atomic mass is 15.2. The number of aromatic nitrogens is 2. The van der Waals surface area contributed by atoms with Crippen molar-refractivity contribution in [3.63, 3.8) is 0 Å². The Bertz CT molecular complexity index is 485. The van der Waals surface area contributed by atoms with E-state index in [1.54, 1.807) is 0 Å². The standard InChI is InChI=1S/C15H21N3/c1-12-4-6-15(7-5-12)13(2)16-9-8-14-10-17-18(3)11-14/h4-7,10-11,13,16H,8-9H2,1-3H3. The summed E-state index contributed by atoms with van der Waals surface area (Å²) in [6.07, 6.45) is 5.01. The van der Waals surface area contributed by atoms with Crippen LogP contribution in [0.5, 0.6) is 0 Å². The van der Waals surface area contributed by atoms with Gasteiger partial charge in [-0.05, 0) is 37.9 Å². The number of nitrogens with zero attached hydrogens (tertiary/aromatic N) is 2. The van der Waals surface area contributed by atoms with E-state index in [-0.39, 0.29) is 0 Å². The Morgan fingerprint density at radius 1 is 1.28 bits per heavy atom. The molecule has 1 heterocycles. The molecule has 0 bridgehead atoms. The van der Waals surface area contributed by atoms with E-state index >= 15 is 0 Å². The molecule has 0 aliphatic heterocycles. The molecule has 3 heteroatoms. The summed E-state index contributed by atoms with van der Waals surface area (Å²) in [6.45, 7) is 5.29. The van der Waals surface area contributed by atoms with Gasteiger partial charge in [-0.25, -0.2) is 0 Å². The molecule has 1 atom stereocenters. The van der Waals surface area contributed by atoms with Gasteiger partial charge < -0.3 is 5.32 Å². The summed E-state index contributed by atoms with van der Waals surface area (Å²) < 4.78 is 1.85. The Morgan fingerprint density at radius 3 is 2.61 bits per heavy atom. The van der Waals surface area contributed by atoms with Gasteiger partial charge in [0.1, 0.15) is 0 Å². The zero-order valence-corrected chi connectivity index (χ0v) is 11.4. The van der Waals surface area contributed by atoms with E-state index in [9.17, 15) is 0 Å². The highest BCUT2D eigenvalue weighted by Gasteiger charge is 2.04. The molecule has 1 N–H and O–H groups in total. The fraction of sp³-hybridized carbons (Fsp3) is 0.400. The predicted octanol–water partition coefficient (Wildman–Crippen LogP) is 2.62. The van der Waals surface area contributed by atoms with E-state index in [4.69, 9.17) is 0 Å². The van der Waals surface area contributed by atoms with Crippen LogP contribution in [0, 0.1) is 6.92 Å². The largest absolute Gasteiger partial charge is 0.310 e. The van der Waals surface area contributed by atoms with Gasteiger partial charge in [0, 0.05) is 19.3 Å². The van der Waals surface area contributed by atoms with Crippen molar-refractivity contribution >= 4 is 0 Å². The lowest BCUT2D eigenvalue weighted by Gasteiger charge is -2.14. The molecule has 0 radical (unpaired) electrons. The lowest BCUT2D eigenvalue weighted by molar-refractivity contribution is 0.576. The van der Waals surface area contributed by atoms with E-state index in [1.165, 1.54) is 16.7 Å². The van der Waals surface area contributed by atoms with E-state index in [1.807, 2.05) is 17.9 Å². The molecule has 0 aliphatic carbocycles. The normalized spacial score (nSPS) is 12.6. The molecule has 0 spiro atoms. The van der Waals surface area contributed by atoms with Gasteiger partial charge in [0.2, 0.25) is 0 Å². The Hall–Kier alpha value is -1.61. The first-order chi connectivity index (χ1) is 8.65. The maximum atomic E-state index is 4.17. The molecule has 1 aromatic carbocycles. The Kier molecular flexibility index (Phi) is 4.15. The molecule has 0 aliphatic rings. The van der Waals surface area contributed by atoms with Gasteiger partial charge in [0.25, 0.3) is 0 Å². The molecule has 96 valence electrons. The number of benzene rings is 1. The van der Waals surface area contributed by atoms with Crippen LogP contribution in [0.3, 0.4) is 0 Å². The molecule has 18 heavy (non-hydrogen) atoms. The maximum Gasteiger partial charge on any atom is 0.0522 e. The molecular weight excluding hydrogens is 222 g/mol. The molecule has 2 aromatic rings. The molecule has 0 saturated heterocycles. The van der Waals surface area contributed by atoms with Crippen molar-refractivity contribution in [3.05, 3.63) is 53.3 Å². The summed E-state index contributed by atoms with van der Waals surface area (Å²) in [4.78, 5) is 0. The monoisotopic (exact) mass is 243 g/mol. The van der Waals surface area contributed by atoms with E-state index < -0.39 is 0 Å². The first-order valence-electron chi connectivity index (χ1n) is 6.42. The zero-order chi connectivity index (χ0) is 13.0. The minimum atomic E-state index is 0.391. The Morgan fingerprint density at radius 2 is 2.00 bits per heavy atom. The van der Waals surface area contributed by atoms with Crippen molar-refractivity contribution < 1.29 is 0 Å². The third kappa shape index (κ3) is 3.44. The lowest BCUT2D eigenvalue weighted by atomic mass is 10.1. The van der Waals surface area contributed by atoms with Crippen LogP contribution in [0.15, 0.2) is 36.7 Å². The Labute approximate surface area is 109 Å². The van der Waals surface area contributed by atoms with Crippen LogP contribution in [-0.2, 0) is 13.5 Å². The maximum absolute atomic E-state index is 4.17. The van der Waals surface area contributed by atoms with Crippen LogP contribution in [0.4, 0.5) is 0 Å². The highest BCUT2D eigenvalue weighted by Crippen LogP contribution is 2.12. The number of hydrogen-bond acceptors (Lipinski definition) is 2. The van der Waals surface area contributed by atoms with Crippen LogP contribution >= 0.6 is 0 Å². The third-order valence-corrected chi connectivity index (χ3v) is 3.20. The van der Waals surface area contributed by atoms with E-state index in [0.29, 0.717) is 6.04 Å². The van der Waals surface area contributed by atoms with Gasteiger partial charge in [0.05, 0.1) is 6.20 Å². The molecule has 1 unspecified atom stereocenters. The minimum absolute atomic E-state index is 0.391. The van der Waals surface area contributed by atoms with Crippen molar-refractivity contribution in [3.8, 4) is 0 Å². The molecule has 0 amide bonds. The minimum Gasteiger partial charge on any atom is -0.310 e. The smallest absolute Gasteiger partial charge is 0.0522 e. The van der Waals surface area contributed by atoms with Crippen LogP contribution in [0.25, 0.3) is 0 Å². The second-order valence-electron chi connectivity index (χ2n) is 4.86. The van der Waals surface area contributed by atoms with Gasteiger partial charge in [-0.2, -0.15) is 5.10 Å². The van der Waals surface area contributed by atoms with E-state index in [2.05, 4.69) is 54.7 Å². The van der Waals surface area contributed by atoms with Crippen LogP contribution in [0.2, 0.25) is 0 Å². The summed E-state index contributed by atoms with van der Waals surface area (Å²) in [6, 6.07) is 9.10. The van der Waals surface area contributed by atoms with Gasteiger partial charge in [0.15, 0.2) is 0 Å². The van der Waals surface area contributed by atoms with Crippen LogP contribution < -0.4 is 5.32 Å². The predicted molar refractivity (Wildman–Crippen MR) is 74.5 cm³/mol. The van der Waals surface area contributed by atoms with Crippen molar-refractivity contribution in [2.45, 2.75) is 26.3 Å². The molecule has 0 fully saturated rings. The van der Waals surface area contributed by atoms with Crippen LogP contribution in [-0.4, -0.2) is 16.3 Å². The second kappa shape index (κ2) is 5.83. The van der Waals surface area contributed by atoms with E-state index in [0.717, 1.165) is 13.0 Å². The van der Waals surface area contributed by atoms with Crippen molar-refractivity contribution in [1.29, 1.82) is 0 Å². The molecule has 2 rings (SSSR count). The summed E-state index contributed by atoms with van der Waals surface area (Å²) in [5, 5.41) is 7.71. The fourth-order valence-corrected chi connectivity index (χ4v) is 2.01. The SMILES string of the molecule is Cc1ccc(C(C)NCCc2cnn(C)c2)cc1.